The topological polar surface area (TPSA) is 0 Å². The monoisotopic (exact) mass is 523 g/mol. The van der Waals surface area contributed by atoms with E-state index in [1.807, 2.05) is 6.74 Å². The molecular formula is C6H4ISe4. The third kappa shape index (κ3) is 2.28. The van der Waals surface area contributed by atoms with Crippen LogP contribution in [0.15, 0.2) is 26.6 Å². The number of hydrogen-bond acceptors (Lipinski definition) is 0. The third-order valence-corrected chi connectivity index (χ3v) is 24.2. The van der Waals surface area contributed by atoms with Gasteiger partial charge in [0.05, 0.1) is 0 Å². The Bertz CT molecular complexity index is 245. The Morgan fingerprint density at radius 2 is 1.82 bits per heavy atom. The van der Waals surface area contributed by atoms with Crippen molar-refractivity contribution in [1.82, 2.24) is 0 Å². The molecule has 2 aliphatic heterocycles. The van der Waals surface area contributed by atoms with Crippen LogP contribution in [0.4, 0.5) is 0 Å². The molecule has 0 aromatic carbocycles. The van der Waals surface area contributed by atoms with E-state index >= 15 is 0 Å². The minimum atomic E-state index is -0.402. The van der Waals surface area contributed by atoms with Gasteiger partial charge in [-0.1, -0.05) is 0 Å². The molecule has 0 unspecified atom stereocenters. The Morgan fingerprint density at radius 3 is 2.36 bits per heavy atom. The van der Waals surface area contributed by atoms with Gasteiger partial charge in [-0.3, -0.25) is 0 Å². The molecule has 0 saturated heterocycles. The standard InChI is InChI=1S/C6H4ISe4/c7-11-4-3-10-6(11)5-8-1-2-9-5/h1-4H. The Labute approximate surface area is 101 Å². The van der Waals surface area contributed by atoms with Crippen molar-refractivity contribution >= 4 is 75.9 Å². The van der Waals surface area contributed by atoms with Crippen LogP contribution in [0.5, 0.6) is 0 Å². The van der Waals surface area contributed by atoms with E-state index in [1.165, 1.54) is 0 Å². The molecule has 0 fully saturated rings. The van der Waals surface area contributed by atoms with Crippen molar-refractivity contribution in [1.29, 1.82) is 0 Å². The molecule has 0 aromatic rings. The SMILES string of the molecule is I[Se]1C=C[Se]C1=C1[Se]C=C[Se]1. The van der Waals surface area contributed by atoms with Crippen LogP contribution in [0.3, 0.4) is 0 Å². The Morgan fingerprint density at radius 1 is 1.09 bits per heavy atom. The molecule has 5 heteroatoms. The molecule has 2 heterocycles. The summed E-state index contributed by atoms with van der Waals surface area (Å²) in [6.07, 6.45) is 0. The summed E-state index contributed by atoms with van der Waals surface area (Å²) >= 11 is 4.95. The maximum atomic E-state index is 2.67. The first-order valence-corrected chi connectivity index (χ1v) is 15.4. The van der Waals surface area contributed by atoms with E-state index in [9.17, 15) is 0 Å². The van der Waals surface area contributed by atoms with Gasteiger partial charge in [0, 0.05) is 0 Å². The van der Waals surface area contributed by atoms with Crippen LogP contribution >= 0.6 is 20.3 Å². The fourth-order valence-corrected chi connectivity index (χ4v) is 26.2. The predicted molar refractivity (Wildman–Crippen MR) is 62.3 cm³/mol. The average Bonchev–Trinajstić information content (AvgIpc) is 2.55. The van der Waals surface area contributed by atoms with Crippen LogP contribution in [-0.4, -0.2) is 55.5 Å². The summed E-state index contributed by atoms with van der Waals surface area (Å²) in [5.74, 6) is 0. The summed E-state index contributed by atoms with van der Waals surface area (Å²) in [6.45, 7) is 0. The second-order valence-electron chi connectivity index (χ2n) is 1.76. The Kier molecular flexibility index (Phi) is 3.92. The zero-order valence-corrected chi connectivity index (χ0v) is 14.3. The van der Waals surface area contributed by atoms with Gasteiger partial charge in [-0.25, -0.2) is 0 Å². The summed E-state index contributed by atoms with van der Waals surface area (Å²) in [7, 11) is -0.402. The van der Waals surface area contributed by atoms with E-state index in [0.29, 0.717) is 0 Å². The third-order valence-electron chi connectivity index (χ3n) is 1.10. The predicted octanol–water partition coefficient (Wildman–Crippen LogP) is 0.785. The van der Waals surface area contributed by atoms with Gasteiger partial charge in [0.15, 0.2) is 0 Å². The first kappa shape index (κ1) is 9.58. The van der Waals surface area contributed by atoms with Gasteiger partial charge in [0.25, 0.3) is 0 Å². The molecule has 0 amide bonds. The maximum absolute atomic E-state index is 2.67. The van der Waals surface area contributed by atoms with E-state index in [1.54, 1.807) is 0 Å². The molecule has 0 aliphatic carbocycles. The summed E-state index contributed by atoms with van der Waals surface area (Å²) in [4.78, 5) is 9.71. The first-order chi connectivity index (χ1) is 5.38. The summed E-state index contributed by atoms with van der Waals surface area (Å²) in [5, 5.41) is 0. The normalized spacial score (nSPS) is 24.1. The van der Waals surface area contributed by atoms with Crippen LogP contribution in [0.2, 0.25) is 0 Å². The van der Waals surface area contributed by atoms with Gasteiger partial charge in [-0.05, 0) is 0 Å². The molecule has 0 nitrogen and oxygen atoms in total. The molecule has 0 N–H and O–H groups in total. The second-order valence-corrected chi connectivity index (χ2v) is 17.7. The van der Waals surface area contributed by atoms with E-state index in [-0.39, 0.29) is 0 Å². The molecule has 11 heavy (non-hydrogen) atoms. The molecular weight excluding hydrogens is 515 g/mol. The molecule has 0 atom stereocenters. The van der Waals surface area contributed by atoms with Crippen molar-refractivity contribution in [3.05, 3.63) is 26.6 Å². The molecule has 2 rings (SSSR count). The van der Waals surface area contributed by atoms with Crippen molar-refractivity contribution in [2.75, 3.05) is 0 Å². The summed E-state index contributed by atoms with van der Waals surface area (Å²) in [5.41, 5.74) is 0. The van der Waals surface area contributed by atoms with Gasteiger partial charge in [0.1, 0.15) is 0 Å². The molecule has 0 bridgehead atoms. The fraction of sp³-hybridized carbons (Fsp3) is 0. The Hall–Kier alpha value is 2.03. The number of hydrogen-bond donors (Lipinski definition) is 0. The van der Waals surface area contributed by atoms with Crippen LogP contribution in [-0.2, 0) is 0 Å². The second kappa shape index (κ2) is 4.50. The summed E-state index contributed by atoms with van der Waals surface area (Å²) in [6, 6.07) is 0. The molecule has 2 aliphatic rings. The zero-order chi connectivity index (χ0) is 7.68. The first-order valence-electron chi connectivity index (χ1n) is 2.83. The van der Waals surface area contributed by atoms with Crippen LogP contribution in [0.1, 0.15) is 0 Å². The number of rotatable bonds is 0. The van der Waals surface area contributed by atoms with Gasteiger partial charge in [-0.15, -0.1) is 0 Å². The quantitative estimate of drug-likeness (QED) is 0.329. The Balaban J connectivity index is 2.21. The molecule has 1 radical (unpaired) electrons. The molecule has 0 spiro atoms. The van der Waals surface area contributed by atoms with E-state index in [0.717, 1.165) is 44.9 Å². The summed E-state index contributed by atoms with van der Waals surface area (Å²) < 4.78 is 3.78. The van der Waals surface area contributed by atoms with Crippen LogP contribution < -0.4 is 0 Å². The van der Waals surface area contributed by atoms with Gasteiger partial charge in [0.2, 0.25) is 0 Å². The van der Waals surface area contributed by atoms with E-state index in [2.05, 4.69) is 40.2 Å². The van der Waals surface area contributed by atoms with E-state index in [4.69, 9.17) is 0 Å². The van der Waals surface area contributed by atoms with Crippen molar-refractivity contribution in [2.45, 2.75) is 0 Å². The fourth-order valence-electron chi connectivity index (χ4n) is 0.677. The minimum absolute atomic E-state index is 0.402. The molecule has 59 valence electrons. The van der Waals surface area contributed by atoms with Crippen LogP contribution in [0, 0.1) is 0 Å². The van der Waals surface area contributed by atoms with E-state index < -0.39 is 10.7 Å². The van der Waals surface area contributed by atoms with Gasteiger partial charge >= 0.3 is 103 Å². The van der Waals surface area contributed by atoms with Crippen molar-refractivity contribution in [2.24, 2.45) is 0 Å². The van der Waals surface area contributed by atoms with Gasteiger partial charge in [-0.2, -0.15) is 0 Å². The average molecular weight is 519 g/mol. The van der Waals surface area contributed by atoms with Crippen molar-refractivity contribution < 1.29 is 0 Å². The number of halogens is 1. The van der Waals surface area contributed by atoms with Crippen molar-refractivity contribution in [3.63, 3.8) is 0 Å². The van der Waals surface area contributed by atoms with Crippen molar-refractivity contribution in [3.8, 4) is 0 Å². The van der Waals surface area contributed by atoms with Crippen LogP contribution in [0.25, 0.3) is 0 Å². The molecule has 0 aromatic heterocycles. The molecule has 0 saturated carbocycles. The zero-order valence-electron chi connectivity index (χ0n) is 5.32. The van der Waals surface area contributed by atoms with Gasteiger partial charge < -0.3 is 0 Å².